The van der Waals surface area contributed by atoms with E-state index >= 15 is 0 Å². The summed E-state index contributed by atoms with van der Waals surface area (Å²) >= 11 is 0. The second kappa shape index (κ2) is 7.71. The fourth-order valence-corrected chi connectivity index (χ4v) is 10.4. The minimum atomic E-state index is -3.56. The van der Waals surface area contributed by atoms with Crippen LogP contribution in [0.3, 0.4) is 0 Å². The molecule has 5 nitrogen and oxygen atoms in total. The smallest absolute Gasteiger partial charge is 0.215 e. The fraction of sp³-hybridized carbons (Fsp3) is 1.00. The number of hydrogen-bond donors (Lipinski definition) is 2. The summed E-state index contributed by atoms with van der Waals surface area (Å²) in [7, 11) is -3.56. The van der Waals surface area contributed by atoms with Crippen LogP contribution in [-0.4, -0.2) is 52.5 Å². The van der Waals surface area contributed by atoms with Crippen molar-refractivity contribution in [2.45, 2.75) is 122 Å². The lowest BCUT2D eigenvalue weighted by Crippen LogP contribution is -2.63. The first-order valence-corrected chi connectivity index (χ1v) is 13.9. The molecule has 174 valence electrons. The first-order valence-electron chi connectivity index (χ1n) is 12.3. The number of hydrogen-bond acceptors (Lipinski definition) is 4. The van der Waals surface area contributed by atoms with Gasteiger partial charge in [0.05, 0.1) is 23.5 Å². The van der Waals surface area contributed by atoms with E-state index in [9.17, 15) is 18.6 Å². The standard InChI is InChI=1S/C24H43NO4S/c1-17-10-11-20(21(26)23(17,4)27)25(19-8-6-5-7-9-19)30(28,29)16-24-14-12-18(13-15-24)22(24,2)3/h17-21,26-27H,5-16H2,1-4H3. The number of sulfonamides is 1. The van der Waals surface area contributed by atoms with Gasteiger partial charge in [-0.2, -0.15) is 4.31 Å². The minimum absolute atomic E-state index is 0.0364. The SMILES string of the molecule is CC1CCC(N(C2CCCCC2)S(=O)(=O)CC23CCC(CC2)C3(C)C)C(O)C1(C)O. The van der Waals surface area contributed by atoms with Crippen LogP contribution in [0.2, 0.25) is 0 Å². The lowest BCUT2D eigenvalue weighted by atomic mass is 9.71. The van der Waals surface area contributed by atoms with Crippen LogP contribution in [0.5, 0.6) is 0 Å². The maximum atomic E-state index is 14.1. The van der Waals surface area contributed by atoms with Gasteiger partial charge in [-0.15, -0.1) is 0 Å². The van der Waals surface area contributed by atoms with E-state index in [1.165, 1.54) is 0 Å². The molecule has 2 bridgehead atoms. The highest BCUT2D eigenvalue weighted by atomic mass is 32.2. The zero-order valence-corrected chi connectivity index (χ0v) is 20.3. The Morgan fingerprint density at radius 1 is 0.933 bits per heavy atom. The Hall–Kier alpha value is -0.170. The van der Waals surface area contributed by atoms with E-state index in [0.29, 0.717) is 12.3 Å². The Morgan fingerprint density at radius 2 is 1.53 bits per heavy atom. The first-order chi connectivity index (χ1) is 13.9. The molecule has 4 rings (SSSR count). The second-order valence-electron chi connectivity index (χ2n) is 11.9. The van der Waals surface area contributed by atoms with E-state index in [0.717, 1.165) is 64.2 Å². The zero-order chi connectivity index (χ0) is 21.9. The number of aliphatic hydroxyl groups is 2. The topological polar surface area (TPSA) is 77.8 Å². The number of fused-ring (bicyclic) bond motifs is 2. The van der Waals surface area contributed by atoms with Crippen LogP contribution in [0.1, 0.15) is 98.3 Å². The summed E-state index contributed by atoms with van der Waals surface area (Å²) in [5.41, 5.74) is -1.34. The third-order valence-corrected chi connectivity index (χ3v) is 12.4. The normalized spacial score (nSPS) is 44.6. The van der Waals surface area contributed by atoms with Gasteiger partial charge in [0.15, 0.2) is 0 Å². The van der Waals surface area contributed by atoms with Gasteiger partial charge in [-0.25, -0.2) is 8.42 Å². The molecular formula is C24H43NO4S. The average molecular weight is 442 g/mol. The van der Waals surface area contributed by atoms with Gasteiger partial charge in [-0.1, -0.05) is 40.0 Å². The molecule has 2 N–H and O–H groups in total. The molecule has 6 heteroatoms. The summed E-state index contributed by atoms with van der Waals surface area (Å²) in [6, 6.07) is -0.548. The van der Waals surface area contributed by atoms with Crippen LogP contribution >= 0.6 is 0 Å². The minimum Gasteiger partial charge on any atom is -0.388 e. The maximum absolute atomic E-state index is 14.1. The molecule has 0 heterocycles. The Morgan fingerprint density at radius 3 is 2.07 bits per heavy atom. The van der Waals surface area contributed by atoms with E-state index in [-0.39, 0.29) is 28.5 Å². The second-order valence-corrected chi connectivity index (χ2v) is 13.7. The van der Waals surface area contributed by atoms with Gasteiger partial charge in [0.2, 0.25) is 10.0 Å². The van der Waals surface area contributed by atoms with E-state index in [1.54, 1.807) is 11.2 Å². The van der Waals surface area contributed by atoms with Gasteiger partial charge >= 0.3 is 0 Å². The lowest BCUT2D eigenvalue weighted by molar-refractivity contribution is -0.146. The Balaban J connectivity index is 1.67. The van der Waals surface area contributed by atoms with Gasteiger partial charge in [0, 0.05) is 6.04 Å². The van der Waals surface area contributed by atoms with Crippen LogP contribution in [0.15, 0.2) is 0 Å². The van der Waals surface area contributed by atoms with Crippen molar-refractivity contribution in [2.75, 3.05) is 5.75 Å². The van der Waals surface area contributed by atoms with Crippen molar-refractivity contribution >= 4 is 10.0 Å². The molecule has 4 aliphatic rings. The highest BCUT2D eigenvalue weighted by Gasteiger charge is 2.61. The molecule has 4 aliphatic carbocycles. The van der Waals surface area contributed by atoms with Gasteiger partial charge in [0.25, 0.3) is 0 Å². The zero-order valence-electron chi connectivity index (χ0n) is 19.4. The summed E-state index contributed by atoms with van der Waals surface area (Å²) in [5.74, 6) is 0.807. The van der Waals surface area contributed by atoms with Crippen molar-refractivity contribution in [3.8, 4) is 0 Å². The number of rotatable bonds is 5. The highest BCUT2D eigenvalue weighted by Crippen LogP contribution is 2.66. The molecule has 4 fully saturated rings. The lowest BCUT2D eigenvalue weighted by Gasteiger charge is -2.50. The van der Waals surface area contributed by atoms with Gasteiger partial charge < -0.3 is 10.2 Å². The van der Waals surface area contributed by atoms with Crippen molar-refractivity contribution in [1.82, 2.24) is 4.31 Å². The average Bonchev–Trinajstić information content (AvgIpc) is 3.06. The Labute approximate surface area is 183 Å². The molecule has 0 spiro atoms. The Bertz CT molecular complexity index is 732. The van der Waals surface area contributed by atoms with Crippen molar-refractivity contribution in [2.24, 2.45) is 22.7 Å². The van der Waals surface area contributed by atoms with Crippen molar-refractivity contribution in [1.29, 1.82) is 0 Å². The summed E-state index contributed by atoms with van der Waals surface area (Å²) in [6.07, 6.45) is 9.63. The van der Waals surface area contributed by atoms with Crippen molar-refractivity contribution in [3.63, 3.8) is 0 Å². The van der Waals surface area contributed by atoms with Gasteiger partial charge in [-0.05, 0) is 81.0 Å². The molecule has 4 atom stereocenters. The predicted octanol–water partition coefficient (Wildman–Crippen LogP) is 4.08. The van der Waals surface area contributed by atoms with Crippen molar-refractivity contribution < 1.29 is 18.6 Å². The third-order valence-electron chi connectivity index (χ3n) is 10.2. The van der Waals surface area contributed by atoms with Crippen LogP contribution in [0.4, 0.5) is 0 Å². The van der Waals surface area contributed by atoms with Crippen LogP contribution in [-0.2, 0) is 10.0 Å². The molecule has 0 aromatic heterocycles. The Kier molecular flexibility index (Phi) is 5.91. The molecule has 30 heavy (non-hydrogen) atoms. The quantitative estimate of drug-likeness (QED) is 0.674. The molecule has 0 aromatic rings. The van der Waals surface area contributed by atoms with Crippen LogP contribution in [0, 0.1) is 22.7 Å². The van der Waals surface area contributed by atoms with E-state index in [4.69, 9.17) is 0 Å². The molecule has 0 radical (unpaired) electrons. The monoisotopic (exact) mass is 441 g/mol. The van der Waals surface area contributed by atoms with Crippen LogP contribution < -0.4 is 0 Å². The molecule has 0 aliphatic heterocycles. The third kappa shape index (κ3) is 3.48. The van der Waals surface area contributed by atoms with E-state index < -0.39 is 27.8 Å². The fourth-order valence-electron chi connectivity index (χ4n) is 7.58. The number of aliphatic hydroxyl groups excluding tert-OH is 1. The van der Waals surface area contributed by atoms with E-state index in [2.05, 4.69) is 13.8 Å². The molecule has 0 saturated heterocycles. The number of nitrogens with zero attached hydrogens (tertiary/aromatic N) is 1. The predicted molar refractivity (Wildman–Crippen MR) is 119 cm³/mol. The van der Waals surface area contributed by atoms with Gasteiger partial charge in [0.1, 0.15) is 0 Å². The van der Waals surface area contributed by atoms with Gasteiger partial charge in [-0.3, -0.25) is 0 Å². The largest absolute Gasteiger partial charge is 0.388 e. The summed E-state index contributed by atoms with van der Waals surface area (Å²) in [4.78, 5) is 0. The first kappa shape index (κ1) is 23.0. The molecule has 4 unspecified atom stereocenters. The maximum Gasteiger partial charge on any atom is 0.215 e. The summed E-state index contributed by atoms with van der Waals surface area (Å²) in [6.45, 7) is 8.19. The van der Waals surface area contributed by atoms with Crippen LogP contribution in [0.25, 0.3) is 0 Å². The molecular weight excluding hydrogens is 398 g/mol. The van der Waals surface area contributed by atoms with E-state index in [1.807, 2.05) is 6.92 Å². The molecule has 0 amide bonds. The highest BCUT2D eigenvalue weighted by molar-refractivity contribution is 7.89. The summed E-state index contributed by atoms with van der Waals surface area (Å²) < 4.78 is 30.0. The molecule has 0 aromatic carbocycles. The van der Waals surface area contributed by atoms with Crippen molar-refractivity contribution in [3.05, 3.63) is 0 Å². The summed E-state index contributed by atoms with van der Waals surface area (Å²) in [5, 5.41) is 22.2. The molecule has 4 saturated carbocycles.